The zero-order valence-electron chi connectivity index (χ0n) is 18.6. The van der Waals surface area contributed by atoms with Crippen molar-refractivity contribution in [2.24, 2.45) is 0 Å². The predicted molar refractivity (Wildman–Crippen MR) is 122 cm³/mol. The number of nitro groups is 1. The fourth-order valence-electron chi connectivity index (χ4n) is 4.16. The monoisotopic (exact) mass is 450 g/mol. The van der Waals surface area contributed by atoms with Gasteiger partial charge in [0.2, 0.25) is 0 Å². The van der Waals surface area contributed by atoms with Crippen LogP contribution in [0.2, 0.25) is 0 Å². The molecule has 1 N–H and O–H groups in total. The first kappa shape index (κ1) is 22.4. The van der Waals surface area contributed by atoms with Gasteiger partial charge in [-0.05, 0) is 56.6 Å². The van der Waals surface area contributed by atoms with E-state index in [1.165, 1.54) is 16.8 Å². The first-order valence-corrected chi connectivity index (χ1v) is 10.8. The number of nitrogens with one attached hydrogen (secondary N) is 1. The lowest BCUT2D eigenvalue weighted by atomic mass is 10.0. The molecule has 172 valence electrons. The van der Waals surface area contributed by atoms with E-state index in [1.54, 1.807) is 26.2 Å². The molecule has 2 heterocycles. The van der Waals surface area contributed by atoms with Crippen LogP contribution in [0.1, 0.15) is 40.6 Å². The van der Waals surface area contributed by atoms with Crippen LogP contribution in [0.5, 0.6) is 5.75 Å². The molecular formula is C23H26N6O4. The van der Waals surface area contributed by atoms with Gasteiger partial charge in [-0.3, -0.25) is 19.8 Å². The summed E-state index contributed by atoms with van der Waals surface area (Å²) in [6.07, 6.45) is 2.26. The van der Waals surface area contributed by atoms with Gasteiger partial charge in [-0.15, -0.1) is 5.10 Å². The molecule has 1 atom stereocenters. The van der Waals surface area contributed by atoms with E-state index in [-0.39, 0.29) is 23.3 Å². The molecule has 33 heavy (non-hydrogen) atoms. The van der Waals surface area contributed by atoms with Gasteiger partial charge >= 0.3 is 0 Å². The summed E-state index contributed by atoms with van der Waals surface area (Å²) < 4.78 is 6.81. The molecule has 1 saturated heterocycles. The molecule has 1 fully saturated rings. The lowest BCUT2D eigenvalue weighted by Crippen LogP contribution is -2.37. The quantitative estimate of drug-likeness (QED) is 0.414. The molecule has 1 unspecified atom stereocenters. The van der Waals surface area contributed by atoms with Crippen molar-refractivity contribution in [3.63, 3.8) is 0 Å². The Balaban J connectivity index is 1.52. The summed E-state index contributed by atoms with van der Waals surface area (Å²) in [6.45, 7) is 4.07. The van der Waals surface area contributed by atoms with Crippen LogP contribution in [0.15, 0.2) is 48.5 Å². The van der Waals surface area contributed by atoms with Gasteiger partial charge < -0.3 is 10.1 Å². The lowest BCUT2D eigenvalue weighted by molar-refractivity contribution is -0.384. The summed E-state index contributed by atoms with van der Waals surface area (Å²) in [5.74, 6) is 0.440. The highest BCUT2D eigenvalue weighted by atomic mass is 16.6. The van der Waals surface area contributed by atoms with Crippen LogP contribution in [0.4, 0.5) is 5.69 Å². The maximum Gasteiger partial charge on any atom is 0.273 e. The predicted octanol–water partition coefficient (Wildman–Crippen LogP) is 3.06. The number of nitro benzene ring substituents is 1. The average molecular weight is 450 g/mol. The molecule has 10 heteroatoms. The zero-order chi connectivity index (χ0) is 23.4. The maximum absolute atomic E-state index is 13.0. The number of benzene rings is 2. The number of methoxy groups -OCH3 is 1. The third kappa shape index (κ3) is 4.85. The van der Waals surface area contributed by atoms with Crippen LogP contribution < -0.4 is 10.1 Å². The first-order valence-electron chi connectivity index (χ1n) is 10.8. The van der Waals surface area contributed by atoms with Crippen molar-refractivity contribution in [1.82, 2.24) is 25.2 Å². The Morgan fingerprint density at radius 3 is 2.70 bits per heavy atom. The SMILES string of the molecule is COc1cccc(C(CNC(=O)c2nnn(-c3cccc([N+](=O)[O-])c3)c2C)N2CCCC2)c1. The minimum Gasteiger partial charge on any atom is -0.497 e. The molecule has 1 aliphatic rings. The van der Waals surface area contributed by atoms with Crippen LogP contribution in [0.3, 0.4) is 0 Å². The van der Waals surface area contributed by atoms with E-state index in [4.69, 9.17) is 4.74 Å². The summed E-state index contributed by atoms with van der Waals surface area (Å²) in [6, 6.07) is 14.0. The fourth-order valence-corrected chi connectivity index (χ4v) is 4.16. The summed E-state index contributed by atoms with van der Waals surface area (Å²) in [7, 11) is 1.64. The number of hydrogen-bond acceptors (Lipinski definition) is 7. The molecule has 4 rings (SSSR count). The van der Waals surface area contributed by atoms with Gasteiger partial charge in [0, 0.05) is 18.7 Å². The van der Waals surface area contributed by atoms with Gasteiger partial charge in [0.05, 0.1) is 29.5 Å². The Bertz CT molecular complexity index is 1160. The number of carbonyl (C=O) groups excluding carboxylic acids is 1. The first-order chi connectivity index (χ1) is 16.0. The number of amides is 1. The number of ether oxygens (including phenoxy) is 1. The molecule has 0 bridgehead atoms. The van der Waals surface area contributed by atoms with Crippen molar-refractivity contribution in [1.29, 1.82) is 0 Å². The number of hydrogen-bond donors (Lipinski definition) is 1. The Kier molecular flexibility index (Phi) is 6.64. The van der Waals surface area contributed by atoms with E-state index in [2.05, 4.69) is 20.5 Å². The number of nitrogens with zero attached hydrogens (tertiary/aromatic N) is 5. The smallest absolute Gasteiger partial charge is 0.273 e. The number of non-ortho nitro benzene ring substituents is 1. The minimum atomic E-state index is -0.472. The molecular weight excluding hydrogens is 424 g/mol. The number of rotatable bonds is 8. The highest BCUT2D eigenvalue weighted by Crippen LogP contribution is 2.27. The third-order valence-corrected chi connectivity index (χ3v) is 5.91. The molecule has 2 aromatic carbocycles. The normalized spacial score (nSPS) is 14.7. The van der Waals surface area contributed by atoms with Crippen LogP contribution in [-0.2, 0) is 0 Å². The standard InChI is InChI=1S/C23H26N6O4/c1-16-22(25-26-28(16)18-8-6-9-19(14-18)29(31)32)23(30)24-15-21(27-11-3-4-12-27)17-7-5-10-20(13-17)33-2/h5-10,13-14,21H,3-4,11-12,15H2,1-2H3,(H,24,30). The molecule has 10 nitrogen and oxygen atoms in total. The van der Waals surface area contributed by atoms with E-state index >= 15 is 0 Å². The van der Waals surface area contributed by atoms with Gasteiger partial charge in [-0.2, -0.15) is 0 Å². The molecule has 0 aliphatic carbocycles. The lowest BCUT2D eigenvalue weighted by Gasteiger charge is -2.28. The summed E-state index contributed by atoms with van der Waals surface area (Å²) in [4.78, 5) is 26.0. The van der Waals surface area contributed by atoms with Gasteiger partial charge in [-0.1, -0.05) is 23.4 Å². The summed E-state index contributed by atoms with van der Waals surface area (Å²) in [5.41, 5.74) is 2.19. The summed E-state index contributed by atoms with van der Waals surface area (Å²) >= 11 is 0. The van der Waals surface area contributed by atoms with E-state index in [1.807, 2.05) is 24.3 Å². The third-order valence-electron chi connectivity index (χ3n) is 5.91. The van der Waals surface area contributed by atoms with Crippen LogP contribution in [0.25, 0.3) is 5.69 Å². The number of likely N-dealkylation sites (tertiary alicyclic amines) is 1. The van der Waals surface area contributed by atoms with Gasteiger partial charge in [-0.25, -0.2) is 4.68 Å². The van der Waals surface area contributed by atoms with Gasteiger partial charge in [0.1, 0.15) is 5.75 Å². The van der Waals surface area contributed by atoms with E-state index < -0.39 is 4.92 Å². The van der Waals surface area contributed by atoms with Crippen LogP contribution in [0, 0.1) is 17.0 Å². The second-order valence-corrected chi connectivity index (χ2v) is 7.96. The second-order valence-electron chi connectivity index (χ2n) is 7.96. The summed E-state index contributed by atoms with van der Waals surface area (Å²) in [5, 5.41) is 22.2. The molecule has 1 amide bonds. The Hall–Kier alpha value is -3.79. The molecule has 3 aromatic rings. The van der Waals surface area contributed by atoms with Gasteiger partial charge in [0.15, 0.2) is 5.69 Å². The van der Waals surface area contributed by atoms with E-state index in [9.17, 15) is 14.9 Å². The average Bonchev–Trinajstić information content (AvgIpc) is 3.49. The molecule has 0 saturated carbocycles. The van der Waals surface area contributed by atoms with Crippen LogP contribution in [-0.4, -0.2) is 57.5 Å². The Morgan fingerprint density at radius 1 is 1.21 bits per heavy atom. The minimum absolute atomic E-state index is 0.0127. The molecule has 1 aliphatic heterocycles. The van der Waals surface area contributed by atoms with Crippen molar-refractivity contribution in [3.8, 4) is 11.4 Å². The highest BCUT2D eigenvalue weighted by Gasteiger charge is 2.26. The van der Waals surface area contributed by atoms with Crippen molar-refractivity contribution in [3.05, 3.63) is 75.6 Å². The van der Waals surface area contributed by atoms with Gasteiger partial charge in [0.25, 0.3) is 11.6 Å². The molecule has 1 aromatic heterocycles. The topological polar surface area (TPSA) is 115 Å². The fraction of sp³-hybridized carbons (Fsp3) is 0.348. The van der Waals surface area contributed by atoms with E-state index in [0.29, 0.717) is 17.9 Å². The molecule has 0 spiro atoms. The van der Waals surface area contributed by atoms with Crippen molar-refractivity contribution >= 4 is 11.6 Å². The van der Waals surface area contributed by atoms with Crippen LogP contribution >= 0.6 is 0 Å². The van der Waals surface area contributed by atoms with E-state index in [0.717, 1.165) is 37.2 Å². The van der Waals surface area contributed by atoms with Crippen molar-refractivity contribution in [2.45, 2.75) is 25.8 Å². The van der Waals surface area contributed by atoms with Crippen molar-refractivity contribution < 1.29 is 14.5 Å². The highest BCUT2D eigenvalue weighted by molar-refractivity contribution is 5.93. The maximum atomic E-state index is 13.0. The Morgan fingerprint density at radius 2 is 1.97 bits per heavy atom. The Labute approximate surface area is 191 Å². The largest absolute Gasteiger partial charge is 0.497 e. The molecule has 0 radical (unpaired) electrons. The second kappa shape index (κ2) is 9.78. The van der Waals surface area contributed by atoms with Crippen molar-refractivity contribution in [2.75, 3.05) is 26.7 Å². The zero-order valence-corrected chi connectivity index (χ0v) is 18.6. The number of aromatic nitrogens is 3. The number of carbonyl (C=O) groups is 1.